The van der Waals surface area contributed by atoms with Gasteiger partial charge in [-0.2, -0.15) is 0 Å². The van der Waals surface area contributed by atoms with Gasteiger partial charge in [-0.25, -0.2) is 4.98 Å². The van der Waals surface area contributed by atoms with Crippen molar-refractivity contribution in [2.24, 2.45) is 5.73 Å². The number of hydrogen-bond donors (Lipinski definition) is 1. The molecule has 2 heterocycles. The topological polar surface area (TPSA) is 47.1 Å². The van der Waals surface area contributed by atoms with Crippen LogP contribution in [0.1, 0.15) is 62.7 Å². The molecule has 4 heteroatoms. The number of aromatic nitrogens is 2. The SMILES string of the molecule is NCC(c1cncn1C1CC1)N1CCCCCCC1. The third kappa shape index (κ3) is 3.00. The molecule has 1 aromatic rings. The van der Waals surface area contributed by atoms with Crippen LogP contribution in [-0.4, -0.2) is 34.1 Å². The van der Waals surface area contributed by atoms with Gasteiger partial charge < -0.3 is 10.3 Å². The fraction of sp³-hybridized carbons (Fsp3) is 0.800. The molecule has 0 amide bonds. The molecule has 106 valence electrons. The Hall–Kier alpha value is -0.870. The third-order valence-corrected chi connectivity index (χ3v) is 4.53. The Bertz CT molecular complexity index is 389. The quantitative estimate of drug-likeness (QED) is 0.907. The minimum Gasteiger partial charge on any atom is -0.330 e. The molecule has 1 aliphatic heterocycles. The highest BCUT2D eigenvalue weighted by Crippen LogP contribution is 2.37. The first-order valence-electron chi connectivity index (χ1n) is 7.86. The van der Waals surface area contributed by atoms with Crippen LogP contribution in [0.15, 0.2) is 12.5 Å². The van der Waals surface area contributed by atoms with Crippen LogP contribution < -0.4 is 5.73 Å². The highest BCUT2D eigenvalue weighted by atomic mass is 15.2. The summed E-state index contributed by atoms with van der Waals surface area (Å²) in [6, 6.07) is 1.06. The molecule has 0 radical (unpaired) electrons. The highest BCUT2D eigenvalue weighted by molar-refractivity contribution is 5.10. The first-order valence-corrected chi connectivity index (χ1v) is 7.86. The Balaban J connectivity index is 1.75. The largest absolute Gasteiger partial charge is 0.330 e. The van der Waals surface area contributed by atoms with Crippen molar-refractivity contribution in [3.05, 3.63) is 18.2 Å². The van der Waals surface area contributed by atoms with Gasteiger partial charge in [0.1, 0.15) is 0 Å². The molecule has 2 aliphatic rings. The van der Waals surface area contributed by atoms with Crippen LogP contribution in [0.4, 0.5) is 0 Å². The summed E-state index contributed by atoms with van der Waals surface area (Å²) < 4.78 is 2.37. The minimum atomic E-state index is 0.362. The fourth-order valence-corrected chi connectivity index (χ4v) is 3.27. The molecule has 0 spiro atoms. The van der Waals surface area contributed by atoms with Crippen molar-refractivity contribution in [1.29, 1.82) is 0 Å². The molecule has 1 saturated carbocycles. The van der Waals surface area contributed by atoms with Gasteiger partial charge in [-0.3, -0.25) is 4.90 Å². The van der Waals surface area contributed by atoms with E-state index in [1.165, 1.54) is 63.7 Å². The van der Waals surface area contributed by atoms with Crippen LogP contribution in [-0.2, 0) is 0 Å². The maximum atomic E-state index is 6.09. The summed E-state index contributed by atoms with van der Waals surface area (Å²) in [7, 11) is 0. The summed E-state index contributed by atoms with van der Waals surface area (Å²) in [5, 5.41) is 0. The Labute approximate surface area is 116 Å². The second kappa shape index (κ2) is 6.06. The molecule has 1 aliphatic carbocycles. The summed E-state index contributed by atoms with van der Waals surface area (Å²) in [4.78, 5) is 6.96. The molecule has 2 N–H and O–H groups in total. The molecule has 3 rings (SSSR count). The number of nitrogens with two attached hydrogens (primary N) is 1. The summed E-state index contributed by atoms with van der Waals surface area (Å²) in [5.41, 5.74) is 7.43. The normalized spacial score (nSPS) is 23.8. The number of imidazole rings is 1. The summed E-state index contributed by atoms with van der Waals surface area (Å²) in [5.74, 6) is 0. The van der Waals surface area contributed by atoms with Crippen LogP contribution in [0.25, 0.3) is 0 Å². The van der Waals surface area contributed by atoms with Crippen molar-refractivity contribution >= 4 is 0 Å². The lowest BCUT2D eigenvalue weighted by molar-refractivity contribution is 0.177. The molecule has 1 saturated heterocycles. The summed E-state index contributed by atoms with van der Waals surface area (Å²) in [6.07, 6.45) is 13.4. The van der Waals surface area contributed by atoms with Crippen molar-refractivity contribution in [2.45, 2.75) is 57.0 Å². The van der Waals surface area contributed by atoms with E-state index in [0.29, 0.717) is 18.6 Å². The highest BCUT2D eigenvalue weighted by Gasteiger charge is 2.29. The molecule has 1 unspecified atom stereocenters. The zero-order valence-corrected chi connectivity index (χ0v) is 11.8. The van der Waals surface area contributed by atoms with E-state index in [4.69, 9.17) is 5.73 Å². The number of rotatable bonds is 4. The lowest BCUT2D eigenvalue weighted by atomic mass is 10.1. The van der Waals surface area contributed by atoms with Gasteiger partial charge in [0, 0.05) is 18.8 Å². The summed E-state index contributed by atoms with van der Waals surface area (Å²) in [6.45, 7) is 3.09. The van der Waals surface area contributed by atoms with Crippen LogP contribution >= 0.6 is 0 Å². The van der Waals surface area contributed by atoms with Crippen LogP contribution in [0.5, 0.6) is 0 Å². The van der Waals surface area contributed by atoms with Crippen molar-refractivity contribution in [2.75, 3.05) is 19.6 Å². The molecule has 2 fully saturated rings. The van der Waals surface area contributed by atoms with Crippen molar-refractivity contribution < 1.29 is 0 Å². The molecular weight excluding hydrogens is 236 g/mol. The van der Waals surface area contributed by atoms with Gasteiger partial charge in [0.2, 0.25) is 0 Å². The van der Waals surface area contributed by atoms with E-state index in [0.717, 1.165) is 0 Å². The molecule has 1 atom stereocenters. The molecule has 0 bridgehead atoms. The van der Waals surface area contributed by atoms with Gasteiger partial charge in [0.15, 0.2) is 0 Å². The fourth-order valence-electron chi connectivity index (χ4n) is 3.27. The van der Waals surface area contributed by atoms with Crippen LogP contribution in [0.2, 0.25) is 0 Å². The lowest BCUT2D eigenvalue weighted by Gasteiger charge is -2.32. The average molecular weight is 262 g/mol. The number of likely N-dealkylation sites (tertiary alicyclic amines) is 1. The average Bonchev–Trinajstić information content (AvgIpc) is 3.12. The van der Waals surface area contributed by atoms with E-state index >= 15 is 0 Å². The maximum Gasteiger partial charge on any atom is 0.0951 e. The van der Waals surface area contributed by atoms with Crippen molar-refractivity contribution in [3.8, 4) is 0 Å². The molecule has 1 aromatic heterocycles. The number of nitrogens with zero attached hydrogens (tertiary/aromatic N) is 3. The zero-order chi connectivity index (χ0) is 13.1. The van der Waals surface area contributed by atoms with Gasteiger partial charge in [0.05, 0.1) is 18.1 Å². The second-order valence-electron chi connectivity index (χ2n) is 6.01. The Morgan fingerprint density at radius 1 is 1.16 bits per heavy atom. The predicted molar refractivity (Wildman–Crippen MR) is 77.0 cm³/mol. The van der Waals surface area contributed by atoms with E-state index in [1.54, 1.807) is 0 Å². The number of hydrogen-bond acceptors (Lipinski definition) is 3. The maximum absolute atomic E-state index is 6.09. The molecule has 4 nitrogen and oxygen atoms in total. The lowest BCUT2D eigenvalue weighted by Crippen LogP contribution is -2.37. The van der Waals surface area contributed by atoms with E-state index < -0.39 is 0 Å². The molecule has 19 heavy (non-hydrogen) atoms. The standard InChI is InChI=1S/C15H26N4/c16-10-14(18-8-4-2-1-3-5-9-18)15-11-17-12-19(15)13-6-7-13/h11-14H,1-10,16H2. The first kappa shape index (κ1) is 13.1. The van der Waals surface area contributed by atoms with Gasteiger partial charge in [-0.15, -0.1) is 0 Å². The van der Waals surface area contributed by atoms with Crippen LogP contribution in [0.3, 0.4) is 0 Å². The zero-order valence-electron chi connectivity index (χ0n) is 11.8. The Morgan fingerprint density at radius 2 is 1.84 bits per heavy atom. The molecular formula is C15H26N4. The van der Waals surface area contributed by atoms with E-state index in [9.17, 15) is 0 Å². The van der Waals surface area contributed by atoms with Crippen molar-refractivity contribution in [3.63, 3.8) is 0 Å². The van der Waals surface area contributed by atoms with E-state index in [-0.39, 0.29) is 0 Å². The Morgan fingerprint density at radius 3 is 2.47 bits per heavy atom. The van der Waals surface area contributed by atoms with Crippen LogP contribution in [0, 0.1) is 0 Å². The first-order chi connectivity index (χ1) is 9.40. The Kier molecular flexibility index (Phi) is 4.18. The third-order valence-electron chi connectivity index (χ3n) is 4.53. The second-order valence-corrected chi connectivity index (χ2v) is 6.01. The van der Waals surface area contributed by atoms with Crippen molar-refractivity contribution in [1.82, 2.24) is 14.5 Å². The molecule has 0 aromatic carbocycles. The van der Waals surface area contributed by atoms with E-state index in [1.807, 2.05) is 12.5 Å². The minimum absolute atomic E-state index is 0.362. The monoisotopic (exact) mass is 262 g/mol. The summed E-state index contributed by atoms with van der Waals surface area (Å²) >= 11 is 0. The van der Waals surface area contributed by atoms with Gasteiger partial charge >= 0.3 is 0 Å². The van der Waals surface area contributed by atoms with E-state index in [2.05, 4.69) is 14.5 Å². The predicted octanol–water partition coefficient (Wildman–Crippen LogP) is 2.48. The van der Waals surface area contributed by atoms with Gasteiger partial charge in [-0.1, -0.05) is 19.3 Å². The smallest absolute Gasteiger partial charge is 0.0951 e. The van der Waals surface area contributed by atoms with Gasteiger partial charge in [-0.05, 0) is 38.8 Å². The van der Waals surface area contributed by atoms with Gasteiger partial charge in [0.25, 0.3) is 0 Å².